The maximum Gasteiger partial charge on any atom is 0.324 e. The number of nitrogens with zero attached hydrogens (tertiary/aromatic N) is 1. The van der Waals surface area contributed by atoms with Crippen molar-refractivity contribution in [2.75, 3.05) is 6.54 Å². The summed E-state index contributed by atoms with van der Waals surface area (Å²) < 4.78 is 6.10. The molecular formula is C55H43NO3P+. The van der Waals surface area contributed by atoms with Crippen LogP contribution in [0.2, 0.25) is 0 Å². The van der Waals surface area contributed by atoms with Gasteiger partial charge >= 0.3 is 5.97 Å². The molecule has 4 nitrogen and oxygen atoms in total. The lowest BCUT2D eigenvalue weighted by molar-refractivity contribution is -0.151. The molecule has 0 saturated carbocycles. The fourth-order valence-corrected chi connectivity index (χ4v) is 13.9. The van der Waals surface area contributed by atoms with Gasteiger partial charge in [-0.3, -0.25) is 14.5 Å². The molecule has 1 atom stereocenters. The molecule has 1 fully saturated rings. The molecule has 0 aromatic heterocycles. The minimum absolute atomic E-state index is 0.0279. The van der Waals surface area contributed by atoms with Crippen LogP contribution in [0.5, 0.6) is 0 Å². The Kier molecular flexibility index (Phi) is 9.89. The van der Waals surface area contributed by atoms with E-state index >= 15 is 0 Å². The van der Waals surface area contributed by atoms with Crippen LogP contribution in [0.3, 0.4) is 0 Å². The Balaban J connectivity index is 0.920. The molecule has 1 aliphatic heterocycles. The predicted octanol–water partition coefficient (Wildman–Crippen LogP) is 9.63. The van der Waals surface area contributed by atoms with Crippen molar-refractivity contribution in [1.29, 1.82) is 0 Å². The number of esters is 1. The second-order valence-corrected chi connectivity index (χ2v) is 19.0. The lowest BCUT2D eigenvalue weighted by atomic mass is 9.78. The summed E-state index contributed by atoms with van der Waals surface area (Å²) in [5.74, 6) is -0.361. The summed E-state index contributed by atoms with van der Waals surface area (Å²) in [6.45, 7) is 0.260. The Hall–Kier alpha value is -6.71. The maximum absolute atomic E-state index is 14.2. The summed E-state index contributed by atoms with van der Waals surface area (Å²) in [6.07, 6.45) is 0.106. The van der Waals surface area contributed by atoms with Crippen LogP contribution in [0.1, 0.15) is 28.7 Å². The van der Waals surface area contributed by atoms with E-state index in [1.165, 1.54) is 21.2 Å². The third-order valence-corrected chi connectivity index (χ3v) is 16.6. The SMILES string of the molecule is O=C1C[C@@H](C(=O)OCc2ccc(-c3ccc([P+](c4ccccc4)(c4ccccc4)c4ccccc4)cc3)cc2)N(C2(c3ccccc3)c3ccccc3-c3ccccc32)C1. The van der Waals surface area contributed by atoms with Gasteiger partial charge in [0.05, 0.1) is 12.1 Å². The zero-order valence-corrected chi connectivity index (χ0v) is 34.0. The topological polar surface area (TPSA) is 46.6 Å². The first-order chi connectivity index (χ1) is 29.6. The number of likely N-dealkylation sites (tertiary alicyclic amines) is 1. The van der Waals surface area contributed by atoms with Gasteiger partial charge in [0.2, 0.25) is 0 Å². The van der Waals surface area contributed by atoms with Gasteiger partial charge in [0.25, 0.3) is 0 Å². The van der Waals surface area contributed by atoms with E-state index in [1.807, 2.05) is 54.6 Å². The molecule has 10 rings (SSSR count). The summed E-state index contributed by atoms with van der Waals surface area (Å²) >= 11 is 0. The van der Waals surface area contributed by atoms with Crippen LogP contribution in [0.25, 0.3) is 22.3 Å². The molecule has 0 amide bonds. The lowest BCUT2D eigenvalue weighted by Gasteiger charge is -2.43. The van der Waals surface area contributed by atoms with Gasteiger partial charge < -0.3 is 4.74 Å². The van der Waals surface area contributed by atoms with Gasteiger partial charge in [-0.15, -0.1) is 0 Å². The standard InChI is InChI=1S/C55H43NO3P/c57-44-37-53(56(38-44)55(43-17-5-1-6-18-43)51-27-15-13-25-49(51)50-26-14-16-28-52(50)55)54(58)59-39-40-29-31-41(32-30-40)42-33-35-48(36-34-42)60(45-19-7-2-8-20-45,46-21-9-3-10-22-46)47-23-11-4-12-24-47/h1-36,53H,37-39H2/q+1/t53-/m0/s1. The third-order valence-electron chi connectivity index (χ3n) is 12.3. The van der Waals surface area contributed by atoms with Crippen molar-refractivity contribution in [2.45, 2.75) is 24.6 Å². The number of ether oxygens (including phenoxy) is 1. The highest BCUT2D eigenvalue weighted by Gasteiger charge is 2.55. The van der Waals surface area contributed by atoms with Crippen LogP contribution in [0, 0.1) is 0 Å². The summed E-state index contributed by atoms with van der Waals surface area (Å²) in [6, 6.07) is 76.2. The monoisotopic (exact) mass is 796 g/mol. The second-order valence-electron chi connectivity index (χ2n) is 15.6. The summed E-state index contributed by atoms with van der Waals surface area (Å²) in [7, 11) is -2.20. The van der Waals surface area contributed by atoms with E-state index < -0.39 is 18.8 Å². The predicted molar refractivity (Wildman–Crippen MR) is 245 cm³/mol. The highest BCUT2D eigenvalue weighted by atomic mass is 31.2. The minimum Gasteiger partial charge on any atom is -0.460 e. The van der Waals surface area contributed by atoms with Crippen molar-refractivity contribution in [3.8, 4) is 22.3 Å². The average Bonchev–Trinajstić information content (AvgIpc) is 3.86. The molecule has 2 aliphatic rings. The van der Waals surface area contributed by atoms with Crippen molar-refractivity contribution in [3.63, 3.8) is 0 Å². The lowest BCUT2D eigenvalue weighted by Crippen LogP contribution is -2.52. The minimum atomic E-state index is -2.20. The molecule has 1 heterocycles. The molecule has 0 radical (unpaired) electrons. The van der Waals surface area contributed by atoms with Gasteiger partial charge in [0.1, 0.15) is 46.9 Å². The van der Waals surface area contributed by atoms with Gasteiger partial charge in [-0.2, -0.15) is 0 Å². The Morgan fingerprint density at radius 2 is 0.933 bits per heavy atom. The largest absolute Gasteiger partial charge is 0.460 e. The Morgan fingerprint density at radius 1 is 0.517 bits per heavy atom. The van der Waals surface area contributed by atoms with Crippen molar-refractivity contribution in [2.24, 2.45) is 0 Å². The zero-order valence-electron chi connectivity index (χ0n) is 33.1. The van der Waals surface area contributed by atoms with Crippen LogP contribution in [0.15, 0.2) is 218 Å². The molecule has 1 aliphatic carbocycles. The van der Waals surface area contributed by atoms with Crippen molar-refractivity contribution in [3.05, 3.63) is 241 Å². The maximum atomic E-state index is 14.2. The van der Waals surface area contributed by atoms with Crippen molar-refractivity contribution < 1.29 is 14.3 Å². The number of hydrogen-bond acceptors (Lipinski definition) is 4. The molecule has 0 spiro atoms. The number of benzene rings is 8. The number of rotatable bonds is 10. The third kappa shape index (κ3) is 6.23. The summed E-state index contributed by atoms with van der Waals surface area (Å²) in [5, 5.41) is 5.23. The van der Waals surface area contributed by atoms with Gasteiger partial charge in [0, 0.05) is 6.42 Å². The molecule has 8 aromatic carbocycles. The van der Waals surface area contributed by atoms with Crippen molar-refractivity contribution in [1.82, 2.24) is 4.90 Å². The quantitative estimate of drug-likeness (QED) is 0.102. The normalized spacial score (nSPS) is 15.6. The molecule has 0 bridgehead atoms. The fourth-order valence-electron chi connectivity index (χ4n) is 9.70. The van der Waals surface area contributed by atoms with E-state index in [2.05, 4.69) is 169 Å². The fraction of sp³-hybridized carbons (Fsp3) is 0.0909. The number of carbonyl (C=O) groups is 2. The number of ketones is 1. The summed E-state index contributed by atoms with van der Waals surface area (Å²) in [5.41, 5.74) is 7.64. The van der Waals surface area contributed by atoms with Crippen LogP contribution >= 0.6 is 7.26 Å². The van der Waals surface area contributed by atoms with Gasteiger partial charge in [0.15, 0.2) is 0 Å². The molecule has 0 N–H and O–H groups in total. The van der Waals surface area contributed by atoms with Gasteiger partial charge in [-0.25, -0.2) is 0 Å². The van der Waals surface area contributed by atoms with E-state index in [0.29, 0.717) is 0 Å². The van der Waals surface area contributed by atoms with Crippen LogP contribution in [-0.4, -0.2) is 29.2 Å². The van der Waals surface area contributed by atoms with Crippen LogP contribution < -0.4 is 21.2 Å². The smallest absolute Gasteiger partial charge is 0.324 e. The van der Waals surface area contributed by atoms with Gasteiger partial charge in [-0.05, 0) is 93.0 Å². The highest BCUT2D eigenvalue weighted by Crippen LogP contribution is 2.56. The zero-order chi connectivity index (χ0) is 40.5. The number of carbonyl (C=O) groups excluding carboxylic acids is 2. The van der Waals surface area contributed by atoms with E-state index in [1.54, 1.807) is 0 Å². The number of fused-ring (bicyclic) bond motifs is 3. The number of hydrogen-bond donors (Lipinski definition) is 0. The Labute approximate surface area is 352 Å². The second kappa shape index (κ2) is 15.8. The summed E-state index contributed by atoms with van der Waals surface area (Å²) in [4.78, 5) is 29.7. The van der Waals surface area contributed by atoms with Gasteiger partial charge in [-0.1, -0.05) is 170 Å². The van der Waals surface area contributed by atoms with Crippen molar-refractivity contribution >= 4 is 40.2 Å². The van der Waals surface area contributed by atoms with E-state index in [9.17, 15) is 9.59 Å². The Morgan fingerprint density at radius 3 is 1.43 bits per heavy atom. The van der Waals surface area contributed by atoms with E-state index in [-0.39, 0.29) is 31.3 Å². The molecular weight excluding hydrogens is 754 g/mol. The molecule has 0 unspecified atom stereocenters. The first-order valence-electron chi connectivity index (χ1n) is 20.5. The molecule has 5 heteroatoms. The molecule has 1 saturated heterocycles. The average molecular weight is 797 g/mol. The highest BCUT2D eigenvalue weighted by molar-refractivity contribution is 8.01. The molecule has 60 heavy (non-hydrogen) atoms. The Bertz CT molecular complexity index is 2650. The molecule has 290 valence electrons. The molecule has 8 aromatic rings. The van der Waals surface area contributed by atoms with Crippen LogP contribution in [0.4, 0.5) is 0 Å². The number of Topliss-reactive ketones (excluding diaryl/α,β-unsaturated/α-hetero) is 1. The first-order valence-corrected chi connectivity index (χ1v) is 22.3. The first kappa shape index (κ1) is 37.6. The van der Waals surface area contributed by atoms with E-state index in [4.69, 9.17) is 4.74 Å². The van der Waals surface area contributed by atoms with Crippen LogP contribution in [-0.2, 0) is 26.5 Å². The van der Waals surface area contributed by atoms with E-state index in [0.717, 1.165) is 44.5 Å².